The van der Waals surface area contributed by atoms with Gasteiger partial charge in [0.15, 0.2) is 5.96 Å². The Kier molecular flexibility index (Phi) is 12.0. The lowest BCUT2D eigenvalue weighted by atomic mass is 10.1. The fraction of sp³-hybridized carbons (Fsp3) is 0.889. The zero-order chi connectivity index (χ0) is 17.9. The predicted molar refractivity (Wildman–Crippen MR) is 116 cm³/mol. The van der Waals surface area contributed by atoms with Crippen molar-refractivity contribution in [2.45, 2.75) is 51.5 Å². The molecule has 0 unspecified atom stereocenters. The van der Waals surface area contributed by atoms with Gasteiger partial charge in [-0.2, -0.15) is 0 Å². The minimum absolute atomic E-state index is 0. The summed E-state index contributed by atoms with van der Waals surface area (Å²) >= 11 is 0. The van der Waals surface area contributed by atoms with Crippen LogP contribution in [0.5, 0.6) is 0 Å². The lowest BCUT2D eigenvalue weighted by Gasteiger charge is -2.32. The Morgan fingerprint density at radius 2 is 1.77 bits per heavy atom. The van der Waals surface area contributed by atoms with Crippen molar-refractivity contribution in [1.29, 1.82) is 0 Å². The van der Waals surface area contributed by atoms with Gasteiger partial charge in [-0.15, -0.1) is 24.0 Å². The van der Waals surface area contributed by atoms with Crippen LogP contribution in [0.25, 0.3) is 0 Å². The van der Waals surface area contributed by atoms with Crippen LogP contribution in [0.15, 0.2) is 4.99 Å². The first-order chi connectivity index (χ1) is 12.2. The van der Waals surface area contributed by atoms with Crippen molar-refractivity contribution in [3.8, 4) is 0 Å². The standard InChI is InChI=1S/C18H35N5O2.HI/c1-3-25-18(24)23-13-8-16(9-14-23)21-17(19-2)20-10-15-22-11-6-4-5-7-12-22;/h16H,3-15H2,1-2H3,(H2,19,20,21);1H. The number of ether oxygens (including phenoxy) is 1. The molecule has 2 rings (SSSR count). The normalized spacial score (nSPS) is 20.1. The molecule has 0 spiro atoms. The summed E-state index contributed by atoms with van der Waals surface area (Å²) in [5.41, 5.74) is 0. The molecule has 2 saturated heterocycles. The molecule has 0 atom stereocenters. The van der Waals surface area contributed by atoms with Crippen molar-refractivity contribution in [2.24, 2.45) is 4.99 Å². The van der Waals surface area contributed by atoms with E-state index in [0.29, 0.717) is 12.6 Å². The topological polar surface area (TPSA) is 69.2 Å². The Morgan fingerprint density at radius 3 is 2.35 bits per heavy atom. The summed E-state index contributed by atoms with van der Waals surface area (Å²) in [6, 6.07) is 0.357. The summed E-state index contributed by atoms with van der Waals surface area (Å²) in [6.45, 7) is 8.18. The van der Waals surface area contributed by atoms with Gasteiger partial charge in [0.25, 0.3) is 0 Å². The number of hydrogen-bond donors (Lipinski definition) is 2. The zero-order valence-electron chi connectivity index (χ0n) is 16.3. The number of nitrogens with zero attached hydrogens (tertiary/aromatic N) is 3. The maximum absolute atomic E-state index is 11.7. The summed E-state index contributed by atoms with van der Waals surface area (Å²) in [4.78, 5) is 20.4. The van der Waals surface area contributed by atoms with E-state index in [1.54, 1.807) is 4.90 Å². The largest absolute Gasteiger partial charge is 0.450 e. The molecule has 0 aliphatic carbocycles. The van der Waals surface area contributed by atoms with Crippen LogP contribution in [-0.2, 0) is 4.74 Å². The van der Waals surface area contributed by atoms with E-state index in [2.05, 4.69) is 20.5 Å². The third kappa shape index (κ3) is 8.28. The van der Waals surface area contributed by atoms with Crippen LogP contribution in [0.2, 0.25) is 0 Å². The molecule has 0 aromatic rings. The van der Waals surface area contributed by atoms with Gasteiger partial charge < -0.3 is 25.2 Å². The van der Waals surface area contributed by atoms with Gasteiger partial charge in [0.05, 0.1) is 6.61 Å². The number of carbonyl (C=O) groups excluding carboxylic acids is 1. The third-order valence-electron chi connectivity index (χ3n) is 5.00. The molecule has 0 radical (unpaired) electrons. The van der Waals surface area contributed by atoms with E-state index < -0.39 is 0 Å². The number of hydrogen-bond acceptors (Lipinski definition) is 4. The van der Waals surface area contributed by atoms with Crippen LogP contribution >= 0.6 is 24.0 Å². The number of likely N-dealkylation sites (tertiary alicyclic amines) is 2. The summed E-state index contributed by atoms with van der Waals surface area (Å²) < 4.78 is 5.06. The number of amides is 1. The lowest BCUT2D eigenvalue weighted by molar-refractivity contribution is 0.0963. The second-order valence-corrected chi connectivity index (χ2v) is 6.86. The molecule has 8 heteroatoms. The van der Waals surface area contributed by atoms with Gasteiger partial charge >= 0.3 is 6.09 Å². The summed E-state index contributed by atoms with van der Waals surface area (Å²) in [5.74, 6) is 0.865. The quantitative estimate of drug-likeness (QED) is 0.358. The zero-order valence-corrected chi connectivity index (χ0v) is 18.7. The van der Waals surface area contributed by atoms with E-state index in [9.17, 15) is 4.79 Å². The molecule has 152 valence electrons. The molecule has 26 heavy (non-hydrogen) atoms. The van der Waals surface area contributed by atoms with E-state index in [4.69, 9.17) is 4.74 Å². The third-order valence-corrected chi connectivity index (χ3v) is 5.00. The van der Waals surface area contributed by atoms with E-state index in [-0.39, 0.29) is 30.1 Å². The van der Waals surface area contributed by atoms with Crippen molar-refractivity contribution >= 4 is 36.0 Å². The minimum Gasteiger partial charge on any atom is -0.450 e. The second-order valence-electron chi connectivity index (χ2n) is 6.86. The van der Waals surface area contributed by atoms with Crippen molar-refractivity contribution in [1.82, 2.24) is 20.4 Å². The molecule has 0 aromatic heterocycles. The molecule has 7 nitrogen and oxygen atoms in total. The van der Waals surface area contributed by atoms with Gasteiger partial charge in [0.2, 0.25) is 0 Å². The monoisotopic (exact) mass is 481 g/mol. The molecule has 2 fully saturated rings. The van der Waals surface area contributed by atoms with Crippen LogP contribution in [0.1, 0.15) is 45.4 Å². The molecule has 2 aliphatic rings. The van der Waals surface area contributed by atoms with Gasteiger partial charge in [-0.3, -0.25) is 4.99 Å². The minimum atomic E-state index is -0.194. The number of rotatable bonds is 5. The van der Waals surface area contributed by atoms with Gasteiger partial charge in [0, 0.05) is 39.3 Å². The average molecular weight is 481 g/mol. The fourth-order valence-corrected chi connectivity index (χ4v) is 3.50. The van der Waals surface area contributed by atoms with Gasteiger partial charge in [-0.25, -0.2) is 4.79 Å². The SMILES string of the molecule is CCOC(=O)N1CCC(NC(=NC)NCCN2CCCCCC2)CC1.I. The number of guanidine groups is 1. The van der Waals surface area contributed by atoms with Gasteiger partial charge in [0.1, 0.15) is 0 Å². The first-order valence-electron chi connectivity index (χ1n) is 9.84. The van der Waals surface area contributed by atoms with E-state index in [1.807, 2.05) is 14.0 Å². The number of carbonyl (C=O) groups is 1. The molecule has 0 bridgehead atoms. The summed E-state index contributed by atoms with van der Waals surface area (Å²) in [5, 5.41) is 6.92. The maximum Gasteiger partial charge on any atom is 0.409 e. The Labute approximate surface area is 175 Å². The van der Waals surface area contributed by atoms with E-state index in [1.165, 1.54) is 38.8 Å². The van der Waals surface area contributed by atoms with Gasteiger partial charge in [-0.1, -0.05) is 12.8 Å². The summed E-state index contributed by atoms with van der Waals surface area (Å²) in [7, 11) is 1.81. The Bertz CT molecular complexity index is 420. The van der Waals surface area contributed by atoms with Crippen molar-refractivity contribution in [3.63, 3.8) is 0 Å². The molecule has 1 amide bonds. The molecule has 2 heterocycles. The molecule has 0 aromatic carbocycles. The molecule has 2 N–H and O–H groups in total. The second kappa shape index (κ2) is 13.4. The van der Waals surface area contributed by atoms with E-state index >= 15 is 0 Å². The highest BCUT2D eigenvalue weighted by atomic mass is 127. The van der Waals surface area contributed by atoms with Crippen LogP contribution in [-0.4, -0.2) is 80.8 Å². The summed E-state index contributed by atoms with van der Waals surface area (Å²) in [6.07, 6.45) is 7.05. The van der Waals surface area contributed by atoms with E-state index in [0.717, 1.165) is 45.0 Å². The van der Waals surface area contributed by atoms with Crippen molar-refractivity contribution in [3.05, 3.63) is 0 Å². The van der Waals surface area contributed by atoms with Crippen LogP contribution < -0.4 is 10.6 Å². The smallest absolute Gasteiger partial charge is 0.409 e. The Morgan fingerprint density at radius 1 is 1.12 bits per heavy atom. The Hall–Kier alpha value is -0.770. The van der Waals surface area contributed by atoms with Crippen LogP contribution in [0.3, 0.4) is 0 Å². The van der Waals surface area contributed by atoms with Crippen LogP contribution in [0, 0.1) is 0 Å². The Balaban J connectivity index is 0.00000338. The van der Waals surface area contributed by atoms with Crippen molar-refractivity contribution < 1.29 is 9.53 Å². The number of piperidine rings is 1. The first-order valence-corrected chi connectivity index (χ1v) is 9.84. The molecular weight excluding hydrogens is 445 g/mol. The number of halogens is 1. The molecule has 0 saturated carbocycles. The molecule has 2 aliphatic heterocycles. The highest BCUT2D eigenvalue weighted by molar-refractivity contribution is 14.0. The number of aliphatic imine (C=N–C) groups is 1. The maximum atomic E-state index is 11.7. The molecular formula is C18H36IN5O2. The lowest BCUT2D eigenvalue weighted by Crippen LogP contribution is -2.50. The van der Waals surface area contributed by atoms with Crippen LogP contribution in [0.4, 0.5) is 4.79 Å². The fourth-order valence-electron chi connectivity index (χ4n) is 3.50. The predicted octanol–water partition coefficient (Wildman–Crippen LogP) is 2.27. The van der Waals surface area contributed by atoms with Gasteiger partial charge in [-0.05, 0) is 45.7 Å². The average Bonchev–Trinajstić information content (AvgIpc) is 2.90. The van der Waals surface area contributed by atoms with Crippen molar-refractivity contribution in [2.75, 3.05) is 52.9 Å². The highest BCUT2D eigenvalue weighted by Gasteiger charge is 2.24. The highest BCUT2D eigenvalue weighted by Crippen LogP contribution is 2.11. The first kappa shape index (κ1) is 23.3. The number of nitrogens with one attached hydrogen (secondary N) is 2.